The summed E-state index contributed by atoms with van der Waals surface area (Å²) in [5, 5.41) is 10.1. The fourth-order valence-corrected chi connectivity index (χ4v) is 2.49. The molecule has 0 aromatic heterocycles. The van der Waals surface area contributed by atoms with Gasteiger partial charge in [-0.1, -0.05) is 11.6 Å². The first-order valence-electron chi connectivity index (χ1n) is 4.95. The third-order valence-electron chi connectivity index (χ3n) is 3.11. The molecule has 2 rings (SSSR count). The van der Waals surface area contributed by atoms with Crippen LogP contribution in [-0.4, -0.2) is 17.6 Å². The molecule has 0 bridgehead atoms. The summed E-state index contributed by atoms with van der Waals surface area (Å²) in [5.74, 6) is -2.71. The van der Waals surface area contributed by atoms with E-state index in [-0.39, 0.29) is 25.1 Å². The molecule has 0 amide bonds. The van der Waals surface area contributed by atoms with Crippen LogP contribution in [0.15, 0.2) is 18.2 Å². The first-order chi connectivity index (χ1) is 7.38. The molecule has 0 unspecified atom stereocenters. The van der Waals surface area contributed by atoms with Crippen molar-refractivity contribution in [1.82, 2.24) is 0 Å². The lowest BCUT2D eigenvalue weighted by atomic mass is 9.62. The topological polar surface area (TPSA) is 46.2 Å². The number of phenols is 1. The molecule has 1 aliphatic carbocycles. The van der Waals surface area contributed by atoms with E-state index in [4.69, 9.17) is 17.3 Å². The van der Waals surface area contributed by atoms with Gasteiger partial charge in [-0.05, 0) is 18.2 Å². The molecular formula is C11H12ClF2NO. The Hall–Kier alpha value is -0.870. The van der Waals surface area contributed by atoms with E-state index in [1.807, 2.05) is 0 Å². The van der Waals surface area contributed by atoms with Crippen molar-refractivity contribution < 1.29 is 13.9 Å². The van der Waals surface area contributed by atoms with Crippen molar-refractivity contribution in [3.05, 3.63) is 28.8 Å². The van der Waals surface area contributed by atoms with E-state index in [0.29, 0.717) is 10.6 Å². The van der Waals surface area contributed by atoms with Gasteiger partial charge in [-0.15, -0.1) is 0 Å². The van der Waals surface area contributed by atoms with Crippen molar-refractivity contribution in [3.63, 3.8) is 0 Å². The van der Waals surface area contributed by atoms with E-state index in [9.17, 15) is 13.9 Å². The highest BCUT2D eigenvalue weighted by Gasteiger charge is 2.57. The minimum Gasteiger partial charge on any atom is -0.508 e. The fraction of sp³-hybridized carbons (Fsp3) is 0.455. The zero-order chi connectivity index (χ0) is 12.0. The lowest BCUT2D eigenvalue weighted by Gasteiger charge is -2.47. The van der Waals surface area contributed by atoms with Crippen LogP contribution in [0.2, 0.25) is 5.02 Å². The highest BCUT2D eigenvalue weighted by Crippen LogP contribution is 2.54. The molecule has 1 fully saturated rings. The maximum atomic E-state index is 13.0. The first kappa shape index (κ1) is 11.6. The Morgan fingerprint density at radius 1 is 1.38 bits per heavy atom. The molecule has 1 saturated carbocycles. The summed E-state index contributed by atoms with van der Waals surface area (Å²) in [7, 11) is 0. The van der Waals surface area contributed by atoms with Gasteiger partial charge in [0.25, 0.3) is 0 Å². The second kappa shape index (κ2) is 3.57. The average Bonchev–Trinajstić information content (AvgIpc) is 2.17. The van der Waals surface area contributed by atoms with Gasteiger partial charge in [-0.3, -0.25) is 0 Å². The number of hydrogen-bond donors (Lipinski definition) is 2. The standard InChI is InChI=1S/C11H12ClF2NO/c12-7-1-2-9(16)8(3-7)10(6-15)4-11(13,14)5-10/h1-3,16H,4-6,15H2. The van der Waals surface area contributed by atoms with Crippen LogP contribution < -0.4 is 5.73 Å². The highest BCUT2D eigenvalue weighted by atomic mass is 35.5. The molecule has 0 spiro atoms. The van der Waals surface area contributed by atoms with Crippen molar-refractivity contribution in [2.75, 3.05) is 6.54 Å². The van der Waals surface area contributed by atoms with Crippen molar-refractivity contribution in [2.45, 2.75) is 24.2 Å². The first-order valence-corrected chi connectivity index (χ1v) is 5.33. The number of benzene rings is 1. The number of alkyl halides is 2. The summed E-state index contributed by atoms with van der Waals surface area (Å²) in [5.41, 5.74) is 5.14. The monoisotopic (exact) mass is 247 g/mol. The summed E-state index contributed by atoms with van der Waals surface area (Å²) >= 11 is 5.79. The van der Waals surface area contributed by atoms with E-state index in [1.165, 1.54) is 18.2 Å². The molecule has 1 aromatic rings. The summed E-state index contributed by atoms with van der Waals surface area (Å²) in [6.07, 6.45) is -0.658. The molecule has 2 nitrogen and oxygen atoms in total. The number of nitrogens with two attached hydrogens (primary N) is 1. The Labute approximate surface area is 97.0 Å². The van der Waals surface area contributed by atoms with Crippen LogP contribution in [0.1, 0.15) is 18.4 Å². The minimum absolute atomic E-state index is 0.0228. The van der Waals surface area contributed by atoms with E-state index in [0.717, 1.165) is 0 Å². The van der Waals surface area contributed by atoms with Crippen LogP contribution in [0.25, 0.3) is 0 Å². The van der Waals surface area contributed by atoms with Gasteiger partial charge < -0.3 is 10.8 Å². The minimum atomic E-state index is -2.69. The van der Waals surface area contributed by atoms with Crippen molar-refractivity contribution >= 4 is 11.6 Å². The lowest BCUT2D eigenvalue weighted by molar-refractivity contribution is -0.124. The molecule has 1 aliphatic rings. The van der Waals surface area contributed by atoms with Crippen molar-refractivity contribution in [2.24, 2.45) is 5.73 Å². The molecule has 0 atom stereocenters. The summed E-state index contributed by atoms with van der Waals surface area (Å²) in [6, 6.07) is 4.44. The van der Waals surface area contributed by atoms with Crippen LogP contribution in [0.4, 0.5) is 8.78 Å². The van der Waals surface area contributed by atoms with Crippen LogP contribution in [-0.2, 0) is 5.41 Å². The third kappa shape index (κ3) is 1.76. The number of hydrogen-bond acceptors (Lipinski definition) is 2. The van der Waals surface area contributed by atoms with Gasteiger partial charge in [0.2, 0.25) is 5.92 Å². The number of aromatic hydroxyl groups is 1. The fourth-order valence-electron chi connectivity index (χ4n) is 2.32. The highest BCUT2D eigenvalue weighted by molar-refractivity contribution is 6.30. The molecule has 3 N–H and O–H groups in total. The molecular weight excluding hydrogens is 236 g/mol. The Morgan fingerprint density at radius 2 is 2.00 bits per heavy atom. The predicted molar refractivity (Wildman–Crippen MR) is 58.0 cm³/mol. The van der Waals surface area contributed by atoms with E-state index < -0.39 is 11.3 Å². The van der Waals surface area contributed by atoms with E-state index >= 15 is 0 Å². The normalized spacial score (nSPS) is 21.5. The Balaban J connectivity index is 2.39. The average molecular weight is 248 g/mol. The molecule has 1 aromatic carbocycles. The predicted octanol–water partition coefficient (Wildman–Crippen LogP) is 2.67. The second-order valence-corrected chi connectivity index (χ2v) is 4.79. The zero-order valence-corrected chi connectivity index (χ0v) is 9.27. The molecule has 0 saturated heterocycles. The maximum Gasteiger partial charge on any atom is 0.250 e. The third-order valence-corrected chi connectivity index (χ3v) is 3.35. The van der Waals surface area contributed by atoms with E-state index in [1.54, 1.807) is 0 Å². The summed E-state index contributed by atoms with van der Waals surface area (Å²) in [6.45, 7) is 0.0799. The van der Waals surface area contributed by atoms with E-state index in [2.05, 4.69) is 0 Å². The van der Waals surface area contributed by atoms with Crippen LogP contribution in [0.3, 0.4) is 0 Å². The molecule has 5 heteroatoms. The van der Waals surface area contributed by atoms with Gasteiger partial charge >= 0.3 is 0 Å². The number of halogens is 3. The van der Waals surface area contributed by atoms with Crippen LogP contribution in [0.5, 0.6) is 5.75 Å². The zero-order valence-electron chi connectivity index (χ0n) is 8.51. The van der Waals surface area contributed by atoms with Gasteiger partial charge in [-0.2, -0.15) is 0 Å². The largest absolute Gasteiger partial charge is 0.508 e. The van der Waals surface area contributed by atoms with Crippen molar-refractivity contribution in [3.8, 4) is 5.75 Å². The smallest absolute Gasteiger partial charge is 0.250 e. The lowest BCUT2D eigenvalue weighted by Crippen LogP contribution is -2.53. The molecule has 0 radical (unpaired) electrons. The van der Waals surface area contributed by atoms with Crippen LogP contribution in [0, 0.1) is 0 Å². The van der Waals surface area contributed by atoms with Gasteiger partial charge in [0, 0.05) is 35.4 Å². The SMILES string of the molecule is NCC1(c2cc(Cl)ccc2O)CC(F)(F)C1. The van der Waals surface area contributed by atoms with Crippen LogP contribution >= 0.6 is 11.6 Å². The van der Waals surface area contributed by atoms with Gasteiger partial charge in [0.05, 0.1) is 0 Å². The Morgan fingerprint density at radius 3 is 2.50 bits per heavy atom. The summed E-state index contributed by atoms with van der Waals surface area (Å²) < 4.78 is 25.9. The van der Waals surface area contributed by atoms with Gasteiger partial charge in [-0.25, -0.2) is 8.78 Å². The number of rotatable bonds is 2. The molecule has 0 aliphatic heterocycles. The van der Waals surface area contributed by atoms with Crippen molar-refractivity contribution in [1.29, 1.82) is 0 Å². The molecule has 0 heterocycles. The summed E-state index contributed by atoms with van der Waals surface area (Å²) in [4.78, 5) is 0. The number of phenolic OH excluding ortho intramolecular Hbond substituents is 1. The van der Waals surface area contributed by atoms with Gasteiger partial charge in [0.1, 0.15) is 5.75 Å². The van der Waals surface area contributed by atoms with Gasteiger partial charge in [0.15, 0.2) is 0 Å². The Kier molecular flexibility index (Phi) is 2.59. The maximum absolute atomic E-state index is 13.0. The molecule has 88 valence electrons. The quantitative estimate of drug-likeness (QED) is 0.844. The second-order valence-electron chi connectivity index (χ2n) is 4.36. The molecule has 16 heavy (non-hydrogen) atoms. The Bertz CT molecular complexity index is 414.